The summed E-state index contributed by atoms with van der Waals surface area (Å²) in [6, 6.07) is 32.4. The van der Waals surface area contributed by atoms with Gasteiger partial charge in [0.15, 0.2) is 0 Å². The van der Waals surface area contributed by atoms with Crippen molar-refractivity contribution in [3.05, 3.63) is 83.4 Å². The normalized spacial score (nSPS) is 43.0. The van der Waals surface area contributed by atoms with Gasteiger partial charge in [0.05, 0.1) is 36.0 Å². The van der Waals surface area contributed by atoms with E-state index in [0.29, 0.717) is 60.4 Å². The molecule has 6 aliphatic carbocycles. The first-order valence-corrected chi connectivity index (χ1v) is 25.3. The predicted molar refractivity (Wildman–Crippen MR) is 238 cm³/mol. The third-order valence-electron chi connectivity index (χ3n) is 19.2. The summed E-state index contributed by atoms with van der Waals surface area (Å²) in [5.41, 5.74) is 8.65. The Morgan fingerprint density at radius 2 is 0.917 bits per heavy atom. The molecule has 5 heteroatoms. The van der Waals surface area contributed by atoms with Crippen LogP contribution in [-0.2, 0) is 9.47 Å². The third kappa shape index (κ3) is 6.03. The highest BCUT2D eigenvalue weighted by Gasteiger charge is 2.61. The van der Waals surface area contributed by atoms with Crippen LogP contribution in [0.1, 0.15) is 157 Å². The molecule has 3 aromatic carbocycles. The molecule has 0 bridgehead atoms. The lowest BCUT2D eigenvalue weighted by Crippen LogP contribution is -2.63. The number of hydrogen-bond donors (Lipinski definition) is 0. The number of hydrogen-bond acceptors (Lipinski definition) is 5. The van der Waals surface area contributed by atoms with E-state index in [2.05, 4.69) is 82.6 Å². The van der Waals surface area contributed by atoms with Crippen LogP contribution in [0, 0.1) is 35.0 Å². The summed E-state index contributed by atoms with van der Waals surface area (Å²) < 4.78 is 13.9. The van der Waals surface area contributed by atoms with Gasteiger partial charge in [-0.05, 0) is 177 Å². The summed E-state index contributed by atoms with van der Waals surface area (Å²) in [5.74, 6) is 4.43. The van der Waals surface area contributed by atoms with Crippen LogP contribution in [0.3, 0.4) is 0 Å². The van der Waals surface area contributed by atoms with Gasteiger partial charge in [-0.1, -0.05) is 87.1 Å². The standard InChI is InChI=1S/C55H67N3O2/c56-32-33-25-40(36-11-5-9-34(27-36)38-21-23-46-44(30-38)42-13-7-19-52-54(42)57(46)48-15-1-3-17-50(48)59-52)29-41(26-33)37-12-6-10-35(28-37)39-22-24-47-45(31-39)43-14-8-20-53-55(43)58(47)49-16-2-4-18-51(49)60-53/h5-6,9-12,25-29,38-39,42-55H,1-4,7-8,13-24,30-31H2. The predicted octanol–water partition coefficient (Wildman–Crippen LogP) is 11.8. The van der Waals surface area contributed by atoms with E-state index in [4.69, 9.17) is 9.47 Å². The van der Waals surface area contributed by atoms with Gasteiger partial charge in [0, 0.05) is 36.3 Å². The fraction of sp³-hybridized carbons (Fsp3) is 0.655. The molecule has 16 atom stereocenters. The van der Waals surface area contributed by atoms with Crippen molar-refractivity contribution in [2.24, 2.45) is 23.7 Å². The first kappa shape index (κ1) is 37.5. The Morgan fingerprint density at radius 3 is 1.42 bits per heavy atom. The summed E-state index contributed by atoms with van der Waals surface area (Å²) in [5, 5.41) is 10.4. The lowest BCUT2D eigenvalue weighted by Gasteiger charge is -2.53. The van der Waals surface area contributed by atoms with Gasteiger partial charge in [-0.2, -0.15) is 5.26 Å². The zero-order valence-corrected chi connectivity index (χ0v) is 35.9. The van der Waals surface area contributed by atoms with Gasteiger partial charge in [-0.25, -0.2) is 0 Å². The average molecular weight is 802 g/mol. The molecule has 0 radical (unpaired) electrons. The summed E-state index contributed by atoms with van der Waals surface area (Å²) in [4.78, 5) is 6.19. The van der Waals surface area contributed by atoms with E-state index in [-0.39, 0.29) is 0 Å². The maximum absolute atomic E-state index is 10.4. The number of nitriles is 1. The van der Waals surface area contributed by atoms with E-state index >= 15 is 0 Å². The van der Waals surface area contributed by atoms with Crippen molar-refractivity contribution in [2.75, 3.05) is 0 Å². The Labute approximate surface area is 359 Å². The maximum Gasteiger partial charge on any atom is 0.0992 e. The lowest BCUT2D eigenvalue weighted by molar-refractivity contribution is -0.177. The zero-order valence-electron chi connectivity index (χ0n) is 35.9. The van der Waals surface area contributed by atoms with Gasteiger partial charge >= 0.3 is 0 Å². The summed E-state index contributed by atoms with van der Waals surface area (Å²) in [7, 11) is 0. The molecule has 6 saturated carbocycles. The Bertz CT molecular complexity index is 2000. The molecule has 3 aromatic rings. The summed E-state index contributed by atoms with van der Waals surface area (Å²) in [6.45, 7) is 0. The van der Waals surface area contributed by atoms with Gasteiger partial charge in [0.2, 0.25) is 0 Å². The lowest BCUT2D eigenvalue weighted by atomic mass is 9.68. The van der Waals surface area contributed by atoms with E-state index in [1.54, 1.807) is 0 Å². The largest absolute Gasteiger partial charge is 0.372 e. The highest BCUT2D eigenvalue weighted by molar-refractivity contribution is 5.76. The molecule has 0 aromatic heterocycles. The van der Waals surface area contributed by atoms with Crippen LogP contribution >= 0.6 is 0 Å². The first-order chi connectivity index (χ1) is 29.7. The molecule has 4 saturated heterocycles. The smallest absolute Gasteiger partial charge is 0.0992 e. The van der Waals surface area contributed by atoms with Crippen molar-refractivity contribution >= 4 is 0 Å². The van der Waals surface area contributed by atoms with Crippen LogP contribution in [0.2, 0.25) is 0 Å². The molecule has 16 unspecified atom stereocenters. The number of fused-ring (bicyclic) bond motifs is 10. The Kier molecular flexibility index (Phi) is 9.43. The van der Waals surface area contributed by atoms with Crippen molar-refractivity contribution in [3.8, 4) is 28.3 Å². The highest BCUT2D eigenvalue weighted by Crippen LogP contribution is 2.58. The fourth-order valence-corrected chi connectivity index (χ4v) is 17.0. The van der Waals surface area contributed by atoms with Gasteiger partial charge in [0.1, 0.15) is 0 Å². The Hall–Kier alpha value is -3.01. The van der Waals surface area contributed by atoms with E-state index in [1.165, 1.54) is 162 Å². The molecule has 314 valence electrons. The van der Waals surface area contributed by atoms with Crippen LogP contribution in [-0.4, -0.2) is 70.5 Å². The van der Waals surface area contributed by atoms with E-state index < -0.39 is 0 Å². The third-order valence-corrected chi connectivity index (χ3v) is 19.2. The molecule has 0 amide bonds. The highest BCUT2D eigenvalue weighted by atomic mass is 16.5. The summed E-state index contributed by atoms with van der Waals surface area (Å²) >= 11 is 0. The molecule has 10 aliphatic rings. The molecular formula is C55H67N3O2. The van der Waals surface area contributed by atoms with Crippen molar-refractivity contribution in [2.45, 2.75) is 201 Å². The van der Waals surface area contributed by atoms with Gasteiger partial charge in [-0.15, -0.1) is 0 Å². The Morgan fingerprint density at radius 1 is 0.433 bits per heavy atom. The quantitative estimate of drug-likeness (QED) is 0.263. The van der Waals surface area contributed by atoms with Crippen LogP contribution in [0.4, 0.5) is 0 Å². The SMILES string of the molecule is N#Cc1cc(-c2cccc(C3CCC4C(C3)C3CCCC5OC6CCCCC6N4C53)c2)cc(-c2cccc(C3CCC4C(C3)C3CCCC5OC6CCCCC6N4C53)c2)c1. The van der Waals surface area contributed by atoms with Crippen LogP contribution in [0.15, 0.2) is 66.7 Å². The molecule has 4 heterocycles. The monoisotopic (exact) mass is 802 g/mol. The van der Waals surface area contributed by atoms with Gasteiger partial charge in [-0.3, -0.25) is 9.80 Å². The minimum absolute atomic E-state index is 0.474. The second-order valence-corrected chi connectivity index (χ2v) is 21.8. The number of rotatable bonds is 4. The summed E-state index contributed by atoms with van der Waals surface area (Å²) in [6.07, 6.45) is 28.6. The average Bonchev–Trinajstić information content (AvgIpc) is 3.83. The van der Waals surface area contributed by atoms with Crippen LogP contribution in [0.25, 0.3) is 22.3 Å². The number of morpholine rings is 2. The van der Waals surface area contributed by atoms with Crippen molar-refractivity contribution < 1.29 is 9.47 Å². The van der Waals surface area contributed by atoms with Gasteiger partial charge < -0.3 is 9.47 Å². The molecule has 13 rings (SSSR count). The van der Waals surface area contributed by atoms with Crippen molar-refractivity contribution in [1.82, 2.24) is 9.80 Å². The number of nitrogens with zero attached hydrogens (tertiary/aromatic N) is 3. The van der Waals surface area contributed by atoms with Crippen molar-refractivity contribution in [3.63, 3.8) is 0 Å². The second-order valence-electron chi connectivity index (χ2n) is 21.8. The minimum Gasteiger partial charge on any atom is -0.372 e. The molecule has 0 N–H and O–H groups in total. The van der Waals surface area contributed by atoms with E-state index in [1.807, 2.05) is 0 Å². The zero-order chi connectivity index (χ0) is 39.5. The van der Waals surface area contributed by atoms with Gasteiger partial charge in [0.25, 0.3) is 0 Å². The van der Waals surface area contributed by atoms with Crippen LogP contribution in [0.5, 0.6) is 0 Å². The molecule has 60 heavy (non-hydrogen) atoms. The molecule has 4 aliphatic heterocycles. The number of benzene rings is 3. The Balaban J connectivity index is 0.750. The molecule has 0 spiro atoms. The first-order valence-electron chi connectivity index (χ1n) is 25.3. The topological polar surface area (TPSA) is 48.7 Å². The van der Waals surface area contributed by atoms with Crippen molar-refractivity contribution in [1.29, 1.82) is 5.26 Å². The van der Waals surface area contributed by atoms with E-state index in [0.717, 1.165) is 41.3 Å². The van der Waals surface area contributed by atoms with E-state index in [9.17, 15) is 5.26 Å². The number of ether oxygens (including phenoxy) is 2. The molecule has 10 fully saturated rings. The van der Waals surface area contributed by atoms with Crippen LogP contribution < -0.4 is 0 Å². The maximum atomic E-state index is 10.4. The molecular weight excluding hydrogens is 735 g/mol. The minimum atomic E-state index is 0.474. The molecule has 5 nitrogen and oxygen atoms in total. The fourth-order valence-electron chi connectivity index (χ4n) is 17.0. The second kappa shape index (κ2) is 15.1.